The molecule has 1 aromatic carbocycles. The van der Waals surface area contributed by atoms with Crippen molar-refractivity contribution in [1.82, 2.24) is 9.78 Å². The van der Waals surface area contributed by atoms with Crippen LogP contribution in [0.25, 0.3) is 0 Å². The van der Waals surface area contributed by atoms with Crippen molar-refractivity contribution in [2.75, 3.05) is 19.5 Å². The molecule has 21 heavy (non-hydrogen) atoms. The third-order valence-corrected chi connectivity index (χ3v) is 3.57. The summed E-state index contributed by atoms with van der Waals surface area (Å²) in [7, 11) is 3.31. The largest absolute Gasteiger partial charge is 0.497 e. The molecule has 0 fully saturated rings. The van der Waals surface area contributed by atoms with Crippen LogP contribution in [0.4, 0.5) is 5.69 Å². The van der Waals surface area contributed by atoms with Gasteiger partial charge >= 0.3 is 0 Å². The fraction of sp³-hybridized carbons (Fsp3) is 0.438. The van der Waals surface area contributed by atoms with Crippen LogP contribution in [0.3, 0.4) is 0 Å². The molecule has 0 radical (unpaired) electrons. The minimum absolute atomic E-state index is 0.421. The van der Waals surface area contributed by atoms with Gasteiger partial charge in [0.2, 0.25) is 0 Å². The van der Waals surface area contributed by atoms with Gasteiger partial charge in [0.1, 0.15) is 11.5 Å². The van der Waals surface area contributed by atoms with Crippen molar-refractivity contribution in [1.29, 1.82) is 0 Å². The molecule has 2 rings (SSSR count). The van der Waals surface area contributed by atoms with E-state index in [1.807, 2.05) is 35.1 Å². The van der Waals surface area contributed by atoms with Crippen molar-refractivity contribution < 1.29 is 9.47 Å². The van der Waals surface area contributed by atoms with E-state index in [1.54, 1.807) is 14.2 Å². The van der Waals surface area contributed by atoms with Gasteiger partial charge < -0.3 is 14.8 Å². The van der Waals surface area contributed by atoms with Crippen molar-refractivity contribution >= 4 is 5.69 Å². The summed E-state index contributed by atoms with van der Waals surface area (Å²) in [6, 6.07) is 8.14. The van der Waals surface area contributed by atoms with Gasteiger partial charge in [0, 0.05) is 18.3 Å². The lowest BCUT2D eigenvalue weighted by Crippen LogP contribution is -2.07. The van der Waals surface area contributed by atoms with E-state index in [9.17, 15) is 0 Å². The zero-order valence-electron chi connectivity index (χ0n) is 13.1. The maximum absolute atomic E-state index is 5.35. The number of rotatable bonds is 7. The lowest BCUT2D eigenvalue weighted by molar-refractivity contribution is 0.404. The van der Waals surface area contributed by atoms with Gasteiger partial charge in [-0.3, -0.25) is 4.68 Å². The standard InChI is InChI=1S/C16H23N3O2/c1-5-12(2)19-9-8-13(18-19)11-17-15-10-14(20-3)6-7-16(15)21-4/h6-10,12,17H,5,11H2,1-4H3. The minimum atomic E-state index is 0.421. The number of benzene rings is 1. The summed E-state index contributed by atoms with van der Waals surface area (Å²) >= 11 is 0. The Bertz CT molecular complexity index is 581. The number of hydrogen-bond donors (Lipinski definition) is 1. The summed E-state index contributed by atoms with van der Waals surface area (Å²) in [6.45, 7) is 4.97. The molecule has 0 amide bonds. The summed E-state index contributed by atoms with van der Waals surface area (Å²) in [6.07, 6.45) is 3.09. The van der Waals surface area contributed by atoms with Crippen LogP contribution in [0.5, 0.6) is 11.5 Å². The molecule has 0 spiro atoms. The van der Waals surface area contributed by atoms with Crippen LogP contribution in [0, 0.1) is 0 Å². The maximum atomic E-state index is 5.35. The first-order valence-electron chi connectivity index (χ1n) is 7.17. The Morgan fingerprint density at radius 3 is 2.71 bits per heavy atom. The number of methoxy groups -OCH3 is 2. The van der Waals surface area contributed by atoms with Crippen molar-refractivity contribution in [2.45, 2.75) is 32.9 Å². The summed E-state index contributed by atoms with van der Waals surface area (Å²) < 4.78 is 12.6. The summed E-state index contributed by atoms with van der Waals surface area (Å²) in [4.78, 5) is 0. The number of nitrogens with one attached hydrogen (secondary N) is 1. The molecule has 0 saturated heterocycles. The predicted molar refractivity (Wildman–Crippen MR) is 84.1 cm³/mol. The van der Waals surface area contributed by atoms with Gasteiger partial charge in [-0.1, -0.05) is 6.92 Å². The van der Waals surface area contributed by atoms with Gasteiger partial charge in [0.25, 0.3) is 0 Å². The second-order valence-corrected chi connectivity index (χ2v) is 4.96. The highest BCUT2D eigenvalue weighted by atomic mass is 16.5. The first kappa shape index (κ1) is 15.2. The second kappa shape index (κ2) is 7.02. The Labute approximate surface area is 125 Å². The molecule has 1 N–H and O–H groups in total. The van der Waals surface area contributed by atoms with E-state index in [1.165, 1.54) is 0 Å². The van der Waals surface area contributed by atoms with E-state index >= 15 is 0 Å². The van der Waals surface area contributed by atoms with Gasteiger partial charge in [-0.25, -0.2) is 0 Å². The first-order chi connectivity index (χ1) is 10.2. The molecule has 114 valence electrons. The predicted octanol–water partition coefficient (Wildman–Crippen LogP) is 3.48. The lowest BCUT2D eigenvalue weighted by Gasteiger charge is -2.12. The van der Waals surface area contributed by atoms with Crippen LogP contribution in [0.1, 0.15) is 32.0 Å². The smallest absolute Gasteiger partial charge is 0.142 e. The molecule has 1 aromatic heterocycles. The van der Waals surface area contributed by atoms with Gasteiger partial charge in [-0.05, 0) is 31.5 Å². The Hall–Kier alpha value is -2.17. The third kappa shape index (κ3) is 3.68. The zero-order valence-corrected chi connectivity index (χ0v) is 13.1. The Morgan fingerprint density at radius 1 is 1.24 bits per heavy atom. The average molecular weight is 289 g/mol. The van der Waals surface area contributed by atoms with Gasteiger partial charge in [0.15, 0.2) is 0 Å². The number of anilines is 1. The van der Waals surface area contributed by atoms with Crippen LogP contribution >= 0.6 is 0 Å². The van der Waals surface area contributed by atoms with Crippen LogP contribution in [0.15, 0.2) is 30.5 Å². The SMILES string of the molecule is CCC(C)n1ccc(CNc2cc(OC)ccc2OC)n1. The van der Waals surface area contributed by atoms with Gasteiger partial charge in [0.05, 0.1) is 32.1 Å². The summed E-state index contributed by atoms with van der Waals surface area (Å²) in [5.74, 6) is 1.58. The molecular formula is C16H23N3O2. The Morgan fingerprint density at radius 2 is 2.05 bits per heavy atom. The number of ether oxygens (including phenoxy) is 2. The number of nitrogens with zero attached hydrogens (tertiary/aromatic N) is 2. The van der Waals surface area contributed by atoms with E-state index in [0.717, 1.165) is 29.3 Å². The fourth-order valence-electron chi connectivity index (χ4n) is 2.04. The minimum Gasteiger partial charge on any atom is -0.497 e. The molecule has 2 aromatic rings. The van der Waals surface area contributed by atoms with Gasteiger partial charge in [-0.2, -0.15) is 5.10 Å². The third-order valence-electron chi connectivity index (χ3n) is 3.57. The van der Waals surface area contributed by atoms with Crippen molar-refractivity contribution in [3.8, 4) is 11.5 Å². The van der Waals surface area contributed by atoms with Crippen LogP contribution in [-0.2, 0) is 6.54 Å². The Balaban J connectivity index is 2.07. The molecular weight excluding hydrogens is 266 g/mol. The van der Waals surface area contributed by atoms with E-state index in [0.29, 0.717) is 12.6 Å². The summed E-state index contributed by atoms with van der Waals surface area (Å²) in [5, 5.41) is 7.92. The maximum Gasteiger partial charge on any atom is 0.142 e. The van der Waals surface area contributed by atoms with Gasteiger partial charge in [-0.15, -0.1) is 0 Å². The van der Waals surface area contributed by atoms with E-state index in [-0.39, 0.29) is 0 Å². The van der Waals surface area contributed by atoms with Crippen LogP contribution in [-0.4, -0.2) is 24.0 Å². The number of hydrogen-bond acceptors (Lipinski definition) is 4. The normalized spacial score (nSPS) is 12.0. The van der Waals surface area contributed by atoms with E-state index < -0.39 is 0 Å². The van der Waals surface area contributed by atoms with Crippen LogP contribution < -0.4 is 14.8 Å². The topological polar surface area (TPSA) is 48.3 Å². The fourth-order valence-corrected chi connectivity index (χ4v) is 2.04. The number of aromatic nitrogens is 2. The highest BCUT2D eigenvalue weighted by Gasteiger charge is 2.07. The molecule has 1 atom stereocenters. The lowest BCUT2D eigenvalue weighted by atomic mass is 10.2. The molecule has 5 nitrogen and oxygen atoms in total. The average Bonchev–Trinajstić information content (AvgIpc) is 3.00. The highest BCUT2D eigenvalue weighted by Crippen LogP contribution is 2.29. The monoisotopic (exact) mass is 289 g/mol. The van der Waals surface area contributed by atoms with Crippen molar-refractivity contribution in [2.24, 2.45) is 0 Å². The molecule has 0 bridgehead atoms. The quantitative estimate of drug-likeness (QED) is 0.847. The van der Waals surface area contributed by atoms with E-state index in [4.69, 9.17) is 9.47 Å². The zero-order chi connectivity index (χ0) is 15.2. The second-order valence-electron chi connectivity index (χ2n) is 4.96. The molecule has 0 aliphatic heterocycles. The molecule has 0 saturated carbocycles. The van der Waals surface area contributed by atoms with E-state index in [2.05, 4.69) is 24.3 Å². The first-order valence-corrected chi connectivity index (χ1v) is 7.17. The highest BCUT2D eigenvalue weighted by molar-refractivity contribution is 5.59. The Kier molecular flexibility index (Phi) is 5.09. The van der Waals surface area contributed by atoms with Crippen LogP contribution in [0.2, 0.25) is 0 Å². The molecule has 0 aliphatic rings. The molecule has 0 aliphatic carbocycles. The molecule has 1 unspecified atom stereocenters. The van der Waals surface area contributed by atoms with Crippen molar-refractivity contribution in [3.05, 3.63) is 36.2 Å². The molecule has 5 heteroatoms. The van der Waals surface area contributed by atoms with Crippen molar-refractivity contribution in [3.63, 3.8) is 0 Å². The molecule has 1 heterocycles. The summed E-state index contributed by atoms with van der Waals surface area (Å²) in [5.41, 5.74) is 1.90.